The molecule has 2 aromatic rings. The molecule has 2 aliphatic rings. The zero-order valence-corrected chi connectivity index (χ0v) is 20.6. The van der Waals surface area contributed by atoms with Crippen molar-refractivity contribution < 1.29 is 17.9 Å². The Morgan fingerprint density at radius 3 is 2.30 bits per heavy atom. The molecule has 0 bridgehead atoms. The summed E-state index contributed by atoms with van der Waals surface area (Å²) in [6, 6.07) is 10.5. The zero-order chi connectivity index (χ0) is 23.8. The number of carbonyl (C=O) groups excluding carboxylic acids is 1. The summed E-state index contributed by atoms with van der Waals surface area (Å²) < 4.78 is 33.8. The summed E-state index contributed by atoms with van der Waals surface area (Å²) in [6.07, 6.45) is 5.78. The second-order valence-corrected chi connectivity index (χ2v) is 11.9. The normalized spacial score (nSPS) is 19.8. The van der Waals surface area contributed by atoms with Crippen LogP contribution in [0.15, 0.2) is 47.5 Å². The minimum atomic E-state index is -3.60. The molecular formula is C25H33N3O4S. The Morgan fingerprint density at radius 1 is 1.06 bits per heavy atom. The molecule has 1 aliphatic heterocycles. The van der Waals surface area contributed by atoms with Crippen LogP contribution < -0.4 is 4.90 Å². The maximum absolute atomic E-state index is 13.3. The van der Waals surface area contributed by atoms with Crippen molar-refractivity contribution in [3.63, 3.8) is 0 Å². The van der Waals surface area contributed by atoms with Crippen LogP contribution in [0.2, 0.25) is 0 Å². The number of sulfonamides is 1. The summed E-state index contributed by atoms with van der Waals surface area (Å²) in [5.41, 5.74) is 1.27. The number of pyridine rings is 1. The first-order chi connectivity index (χ1) is 15.6. The standard InChI is InChI=1S/C25H33N3O4S/c1-18-10-13-21(14-11-18)33(30,31)27-16-6-9-22(27)19-12-15-23(26-17-19)28(20-7-5-8-20)24(29)32-25(2,3)4/h10-15,17,20,22H,5-9,16H2,1-4H3/t22-/m0/s1. The van der Waals surface area contributed by atoms with E-state index in [4.69, 9.17) is 4.74 Å². The van der Waals surface area contributed by atoms with Crippen molar-refractivity contribution >= 4 is 21.9 Å². The van der Waals surface area contributed by atoms with Crippen LogP contribution in [-0.4, -0.2) is 42.0 Å². The Morgan fingerprint density at radius 2 is 1.76 bits per heavy atom. The fraction of sp³-hybridized carbons (Fsp3) is 0.520. The van der Waals surface area contributed by atoms with E-state index >= 15 is 0 Å². The molecule has 8 heteroatoms. The number of amides is 1. The smallest absolute Gasteiger partial charge is 0.416 e. The van der Waals surface area contributed by atoms with E-state index in [2.05, 4.69) is 4.98 Å². The van der Waals surface area contributed by atoms with Crippen molar-refractivity contribution in [2.75, 3.05) is 11.4 Å². The molecule has 1 saturated heterocycles. The highest BCUT2D eigenvalue weighted by molar-refractivity contribution is 7.89. The van der Waals surface area contributed by atoms with Crippen molar-refractivity contribution in [2.45, 2.75) is 82.4 Å². The number of carbonyl (C=O) groups is 1. The average Bonchev–Trinajstić information content (AvgIpc) is 3.20. The molecule has 4 rings (SSSR count). The number of hydrogen-bond acceptors (Lipinski definition) is 5. The number of rotatable bonds is 5. The van der Waals surface area contributed by atoms with Crippen LogP contribution in [-0.2, 0) is 14.8 Å². The van der Waals surface area contributed by atoms with Gasteiger partial charge in [-0.3, -0.25) is 4.90 Å². The van der Waals surface area contributed by atoms with E-state index in [1.54, 1.807) is 27.5 Å². The summed E-state index contributed by atoms with van der Waals surface area (Å²) in [7, 11) is -3.60. The molecule has 1 aromatic carbocycles. The molecule has 1 amide bonds. The Hall–Kier alpha value is -2.45. The van der Waals surface area contributed by atoms with Crippen LogP contribution in [0.1, 0.15) is 70.0 Å². The molecule has 2 fully saturated rings. The lowest BCUT2D eigenvalue weighted by Gasteiger charge is -2.37. The Bertz CT molecular complexity index is 1090. The van der Waals surface area contributed by atoms with Gasteiger partial charge in [0, 0.05) is 18.8 Å². The van der Waals surface area contributed by atoms with E-state index in [0.29, 0.717) is 17.3 Å². The molecule has 0 unspecified atom stereocenters. The van der Waals surface area contributed by atoms with Gasteiger partial charge in [-0.05, 0) is 83.6 Å². The van der Waals surface area contributed by atoms with Crippen LogP contribution in [0, 0.1) is 6.92 Å². The van der Waals surface area contributed by atoms with Gasteiger partial charge in [-0.2, -0.15) is 4.31 Å². The first-order valence-corrected chi connectivity index (χ1v) is 13.1. The van der Waals surface area contributed by atoms with Gasteiger partial charge in [0.1, 0.15) is 11.4 Å². The Kier molecular flexibility index (Phi) is 6.51. The largest absolute Gasteiger partial charge is 0.443 e. The van der Waals surface area contributed by atoms with Gasteiger partial charge in [0.05, 0.1) is 10.9 Å². The molecule has 1 atom stereocenters. The zero-order valence-electron chi connectivity index (χ0n) is 19.8. The van der Waals surface area contributed by atoms with Crippen molar-refractivity contribution in [3.8, 4) is 0 Å². The molecule has 33 heavy (non-hydrogen) atoms. The minimum absolute atomic E-state index is 0.0862. The van der Waals surface area contributed by atoms with E-state index in [0.717, 1.165) is 43.2 Å². The SMILES string of the molecule is Cc1ccc(S(=O)(=O)N2CCC[C@H]2c2ccc(N(C(=O)OC(C)(C)C)C3CCC3)nc2)cc1. The van der Waals surface area contributed by atoms with E-state index < -0.39 is 21.7 Å². The third-order valence-electron chi connectivity index (χ3n) is 6.26. The topological polar surface area (TPSA) is 79.8 Å². The van der Waals surface area contributed by atoms with Crippen LogP contribution in [0.4, 0.5) is 10.6 Å². The number of hydrogen-bond donors (Lipinski definition) is 0. The lowest BCUT2D eigenvalue weighted by Crippen LogP contribution is -2.47. The van der Waals surface area contributed by atoms with E-state index in [9.17, 15) is 13.2 Å². The number of aromatic nitrogens is 1. The fourth-order valence-corrected chi connectivity index (χ4v) is 6.01. The predicted molar refractivity (Wildman–Crippen MR) is 128 cm³/mol. The van der Waals surface area contributed by atoms with E-state index in [1.807, 2.05) is 52.0 Å². The Balaban J connectivity index is 1.57. The third-order valence-corrected chi connectivity index (χ3v) is 8.19. The van der Waals surface area contributed by atoms with Gasteiger partial charge < -0.3 is 4.74 Å². The average molecular weight is 472 g/mol. The summed E-state index contributed by atoms with van der Waals surface area (Å²) in [5.74, 6) is 0.545. The highest BCUT2D eigenvalue weighted by Gasteiger charge is 2.37. The first-order valence-electron chi connectivity index (χ1n) is 11.6. The molecule has 178 valence electrons. The highest BCUT2D eigenvalue weighted by atomic mass is 32.2. The molecule has 0 N–H and O–H groups in total. The second kappa shape index (κ2) is 9.06. The van der Waals surface area contributed by atoms with Gasteiger partial charge >= 0.3 is 6.09 Å². The summed E-state index contributed by atoms with van der Waals surface area (Å²) in [5, 5.41) is 0. The molecule has 2 heterocycles. The number of nitrogens with zero attached hydrogens (tertiary/aromatic N) is 3. The molecule has 0 spiro atoms. The van der Waals surface area contributed by atoms with Crippen molar-refractivity contribution in [1.29, 1.82) is 0 Å². The van der Waals surface area contributed by atoms with Gasteiger partial charge in [0.2, 0.25) is 10.0 Å². The van der Waals surface area contributed by atoms with Crippen molar-refractivity contribution in [1.82, 2.24) is 9.29 Å². The Labute approximate surface area is 196 Å². The van der Waals surface area contributed by atoms with Crippen molar-refractivity contribution in [2.24, 2.45) is 0 Å². The summed E-state index contributed by atoms with van der Waals surface area (Å²) in [4.78, 5) is 19.4. The van der Waals surface area contributed by atoms with Gasteiger partial charge in [0.15, 0.2) is 0 Å². The highest BCUT2D eigenvalue weighted by Crippen LogP contribution is 2.37. The fourth-order valence-electron chi connectivity index (χ4n) is 4.33. The van der Waals surface area contributed by atoms with Gasteiger partial charge in [-0.15, -0.1) is 0 Å². The van der Waals surface area contributed by atoms with E-state index in [-0.39, 0.29) is 12.1 Å². The minimum Gasteiger partial charge on any atom is -0.443 e. The second-order valence-electron chi connectivity index (χ2n) is 9.97. The third kappa shape index (κ3) is 5.06. The molecule has 7 nitrogen and oxygen atoms in total. The predicted octanol–water partition coefficient (Wildman–Crippen LogP) is 5.21. The molecule has 1 aliphatic carbocycles. The quantitative estimate of drug-likeness (QED) is 0.598. The summed E-state index contributed by atoms with van der Waals surface area (Å²) >= 11 is 0. The number of aryl methyl sites for hydroxylation is 1. The van der Waals surface area contributed by atoms with Crippen LogP contribution in [0.3, 0.4) is 0 Å². The molecule has 0 radical (unpaired) electrons. The van der Waals surface area contributed by atoms with Gasteiger partial charge in [-0.25, -0.2) is 18.2 Å². The summed E-state index contributed by atoms with van der Waals surface area (Å²) in [6.45, 7) is 7.97. The number of ether oxygens (including phenoxy) is 1. The van der Waals surface area contributed by atoms with Crippen LogP contribution in [0.5, 0.6) is 0 Å². The lowest BCUT2D eigenvalue weighted by atomic mass is 9.91. The maximum atomic E-state index is 13.3. The van der Waals surface area contributed by atoms with Gasteiger partial charge in [-0.1, -0.05) is 23.8 Å². The number of anilines is 1. The van der Waals surface area contributed by atoms with Crippen molar-refractivity contribution in [3.05, 3.63) is 53.7 Å². The monoisotopic (exact) mass is 471 g/mol. The van der Waals surface area contributed by atoms with Crippen LogP contribution in [0.25, 0.3) is 0 Å². The molecule has 1 aromatic heterocycles. The lowest BCUT2D eigenvalue weighted by molar-refractivity contribution is 0.0548. The van der Waals surface area contributed by atoms with Crippen LogP contribution >= 0.6 is 0 Å². The number of benzene rings is 1. The maximum Gasteiger partial charge on any atom is 0.416 e. The first kappa shape index (κ1) is 23.7. The molecule has 1 saturated carbocycles. The van der Waals surface area contributed by atoms with E-state index in [1.165, 1.54) is 0 Å². The van der Waals surface area contributed by atoms with Gasteiger partial charge in [0.25, 0.3) is 0 Å². The molecular weight excluding hydrogens is 438 g/mol.